The van der Waals surface area contributed by atoms with Gasteiger partial charge in [-0.1, -0.05) is 24.8 Å². The molecule has 10 heteroatoms. The highest BCUT2D eigenvalue weighted by atomic mass is 32.2. The Balaban J connectivity index is 1.60. The maximum atomic E-state index is 14.0. The van der Waals surface area contributed by atoms with Crippen LogP contribution in [0.2, 0.25) is 0 Å². The number of para-hydroxylation sites is 1. The SMILES string of the molecule is C=C(Nc1cnc(OC)c(S(=O)(=O)Nc2c(C)cccc2C)c1)c1csc(-c2cc(C)c(F)c(C)c2)n1. The predicted octanol–water partition coefficient (Wildman–Crippen LogP) is 6.47. The maximum absolute atomic E-state index is 14.0. The number of nitrogens with one attached hydrogen (secondary N) is 2. The van der Waals surface area contributed by atoms with Crippen molar-refractivity contribution in [2.24, 2.45) is 0 Å². The average molecular weight is 539 g/mol. The summed E-state index contributed by atoms with van der Waals surface area (Å²) in [5.74, 6) is -0.260. The molecule has 0 spiro atoms. The smallest absolute Gasteiger partial charge is 0.267 e. The van der Waals surface area contributed by atoms with Crippen LogP contribution in [0.1, 0.15) is 27.9 Å². The lowest BCUT2D eigenvalue weighted by molar-refractivity contribution is 0.385. The van der Waals surface area contributed by atoms with Gasteiger partial charge in [0.2, 0.25) is 5.88 Å². The van der Waals surface area contributed by atoms with Crippen LogP contribution in [-0.2, 0) is 10.0 Å². The van der Waals surface area contributed by atoms with Gasteiger partial charge in [0.1, 0.15) is 10.8 Å². The van der Waals surface area contributed by atoms with Crippen LogP contribution >= 0.6 is 11.3 Å². The lowest BCUT2D eigenvalue weighted by Crippen LogP contribution is -2.16. The first kappa shape index (κ1) is 26.3. The van der Waals surface area contributed by atoms with E-state index in [0.29, 0.717) is 33.9 Å². The van der Waals surface area contributed by atoms with Gasteiger partial charge in [0.15, 0.2) is 4.90 Å². The second kappa shape index (κ2) is 10.3. The number of aryl methyl sites for hydroxylation is 4. The quantitative estimate of drug-likeness (QED) is 0.267. The molecular formula is C27H27FN4O3S2. The standard InChI is InChI=1S/C27H27FN4O3S2/c1-15-8-7-9-16(2)25(15)32-37(33,34)23-12-21(13-29-26(23)35-6)30-19(5)22-14-36-27(31-22)20-10-17(3)24(28)18(4)11-20/h7-14,30,32H,5H2,1-4,6H3. The molecular weight excluding hydrogens is 511 g/mol. The van der Waals surface area contributed by atoms with Gasteiger partial charge in [0.05, 0.1) is 36.1 Å². The third-order valence-corrected chi connectivity index (χ3v) is 8.05. The van der Waals surface area contributed by atoms with Crippen LogP contribution in [0.25, 0.3) is 16.3 Å². The Morgan fingerprint density at radius 2 is 1.70 bits per heavy atom. The molecule has 2 N–H and O–H groups in total. The fraction of sp³-hybridized carbons (Fsp3) is 0.185. The topological polar surface area (TPSA) is 93.2 Å². The second-order valence-corrected chi connectivity index (χ2v) is 11.2. The fourth-order valence-electron chi connectivity index (χ4n) is 3.86. The summed E-state index contributed by atoms with van der Waals surface area (Å²) >= 11 is 1.41. The number of hydrogen-bond acceptors (Lipinski definition) is 7. The first-order chi connectivity index (χ1) is 17.5. The zero-order chi connectivity index (χ0) is 26.9. The van der Waals surface area contributed by atoms with E-state index in [4.69, 9.17) is 4.74 Å². The first-order valence-corrected chi connectivity index (χ1v) is 13.7. The molecule has 0 aliphatic rings. The Kier molecular flexibility index (Phi) is 7.33. The summed E-state index contributed by atoms with van der Waals surface area (Å²) in [5.41, 5.74) is 5.45. The van der Waals surface area contributed by atoms with Crippen LogP contribution in [0.3, 0.4) is 0 Å². The number of benzene rings is 2. The summed E-state index contributed by atoms with van der Waals surface area (Å²) < 4.78 is 48.6. The van der Waals surface area contributed by atoms with E-state index in [-0.39, 0.29) is 16.6 Å². The zero-order valence-electron chi connectivity index (χ0n) is 21.1. The predicted molar refractivity (Wildman–Crippen MR) is 147 cm³/mol. The molecule has 0 radical (unpaired) electrons. The van der Waals surface area contributed by atoms with Gasteiger partial charge in [-0.25, -0.2) is 22.8 Å². The number of anilines is 2. The Hall–Kier alpha value is -3.76. The molecule has 2 aromatic heterocycles. The van der Waals surface area contributed by atoms with Crippen molar-refractivity contribution in [3.63, 3.8) is 0 Å². The van der Waals surface area contributed by atoms with Crippen molar-refractivity contribution in [3.8, 4) is 16.5 Å². The van der Waals surface area contributed by atoms with Gasteiger partial charge in [-0.15, -0.1) is 11.3 Å². The summed E-state index contributed by atoms with van der Waals surface area (Å²) in [4.78, 5) is 8.69. The molecule has 0 saturated heterocycles. The monoisotopic (exact) mass is 538 g/mol. The van der Waals surface area contributed by atoms with E-state index in [2.05, 4.69) is 26.6 Å². The lowest BCUT2D eigenvalue weighted by atomic mass is 10.1. The minimum absolute atomic E-state index is 0.0344. The molecule has 0 unspecified atom stereocenters. The first-order valence-electron chi connectivity index (χ1n) is 11.3. The van der Waals surface area contributed by atoms with Crippen molar-refractivity contribution in [1.82, 2.24) is 9.97 Å². The molecule has 2 heterocycles. The van der Waals surface area contributed by atoms with Crippen molar-refractivity contribution in [1.29, 1.82) is 0 Å². The minimum Gasteiger partial charge on any atom is -0.480 e. The molecule has 0 aliphatic heterocycles. The van der Waals surface area contributed by atoms with Crippen molar-refractivity contribution in [2.75, 3.05) is 17.1 Å². The Labute approximate surface area is 220 Å². The molecule has 7 nitrogen and oxygen atoms in total. The molecule has 37 heavy (non-hydrogen) atoms. The van der Waals surface area contributed by atoms with E-state index >= 15 is 0 Å². The van der Waals surface area contributed by atoms with Gasteiger partial charge >= 0.3 is 0 Å². The summed E-state index contributed by atoms with van der Waals surface area (Å²) in [7, 11) is -2.66. The summed E-state index contributed by atoms with van der Waals surface area (Å²) in [6, 6.07) is 10.5. The number of ether oxygens (including phenoxy) is 1. The third-order valence-electron chi connectivity index (χ3n) is 5.81. The number of rotatable bonds is 8. The van der Waals surface area contributed by atoms with Crippen LogP contribution in [0, 0.1) is 33.5 Å². The number of hydrogen-bond donors (Lipinski definition) is 2. The Morgan fingerprint density at radius 1 is 1.05 bits per heavy atom. The lowest BCUT2D eigenvalue weighted by Gasteiger charge is -2.16. The summed E-state index contributed by atoms with van der Waals surface area (Å²) in [6.45, 7) is 11.2. The highest BCUT2D eigenvalue weighted by Crippen LogP contribution is 2.32. The van der Waals surface area contributed by atoms with Crippen LogP contribution in [0.15, 0.2) is 59.4 Å². The number of pyridine rings is 1. The Bertz CT molecular complexity index is 1570. The van der Waals surface area contributed by atoms with E-state index in [1.54, 1.807) is 26.0 Å². The van der Waals surface area contributed by atoms with Gasteiger partial charge in [0.25, 0.3) is 10.0 Å². The number of methoxy groups -OCH3 is 1. The van der Waals surface area contributed by atoms with Gasteiger partial charge in [-0.05, 0) is 68.1 Å². The van der Waals surface area contributed by atoms with E-state index in [1.807, 2.05) is 37.4 Å². The van der Waals surface area contributed by atoms with Crippen LogP contribution < -0.4 is 14.8 Å². The van der Waals surface area contributed by atoms with Crippen LogP contribution in [-0.4, -0.2) is 25.5 Å². The molecule has 0 saturated carbocycles. The van der Waals surface area contributed by atoms with Gasteiger partial charge in [-0.3, -0.25) is 4.72 Å². The van der Waals surface area contributed by atoms with E-state index in [1.165, 1.54) is 30.7 Å². The third kappa shape index (κ3) is 5.50. The van der Waals surface area contributed by atoms with Crippen molar-refractivity contribution < 1.29 is 17.5 Å². The van der Waals surface area contributed by atoms with Crippen molar-refractivity contribution >= 4 is 38.4 Å². The maximum Gasteiger partial charge on any atom is 0.267 e. The van der Waals surface area contributed by atoms with Gasteiger partial charge < -0.3 is 10.1 Å². The number of aromatic nitrogens is 2. The minimum atomic E-state index is -4.02. The second-order valence-electron chi connectivity index (χ2n) is 8.67. The number of sulfonamides is 1. The van der Waals surface area contributed by atoms with E-state index in [9.17, 15) is 12.8 Å². The van der Waals surface area contributed by atoms with E-state index in [0.717, 1.165) is 21.7 Å². The van der Waals surface area contributed by atoms with E-state index < -0.39 is 10.0 Å². The molecule has 0 amide bonds. The molecule has 4 rings (SSSR count). The fourth-order valence-corrected chi connectivity index (χ4v) is 6.04. The van der Waals surface area contributed by atoms with Crippen LogP contribution in [0.4, 0.5) is 15.8 Å². The van der Waals surface area contributed by atoms with Gasteiger partial charge in [-0.2, -0.15) is 0 Å². The molecule has 4 aromatic rings. The molecule has 192 valence electrons. The van der Waals surface area contributed by atoms with Crippen molar-refractivity contribution in [3.05, 3.63) is 88.3 Å². The average Bonchev–Trinajstić information content (AvgIpc) is 3.35. The largest absolute Gasteiger partial charge is 0.480 e. The zero-order valence-corrected chi connectivity index (χ0v) is 22.8. The number of nitrogens with zero attached hydrogens (tertiary/aromatic N) is 2. The highest BCUT2D eigenvalue weighted by Gasteiger charge is 2.23. The number of thiazole rings is 1. The number of halogens is 1. The molecule has 0 fully saturated rings. The summed E-state index contributed by atoms with van der Waals surface area (Å²) in [5, 5.41) is 5.63. The molecule has 0 bridgehead atoms. The van der Waals surface area contributed by atoms with Gasteiger partial charge in [0, 0.05) is 10.9 Å². The highest BCUT2D eigenvalue weighted by molar-refractivity contribution is 7.92. The Morgan fingerprint density at radius 3 is 2.32 bits per heavy atom. The summed E-state index contributed by atoms with van der Waals surface area (Å²) in [6.07, 6.45) is 1.46. The van der Waals surface area contributed by atoms with Crippen molar-refractivity contribution in [2.45, 2.75) is 32.6 Å². The normalized spacial score (nSPS) is 11.3. The van der Waals surface area contributed by atoms with Crippen LogP contribution in [0.5, 0.6) is 5.88 Å². The molecule has 2 aromatic carbocycles. The molecule has 0 atom stereocenters. The molecule has 0 aliphatic carbocycles.